The third kappa shape index (κ3) is 2.86. The number of carbonyl (C=O) groups excluding carboxylic acids is 1. The normalized spacial score (nSPS) is 15.0. The van der Waals surface area contributed by atoms with Crippen molar-refractivity contribution in [2.45, 2.75) is 6.92 Å². The summed E-state index contributed by atoms with van der Waals surface area (Å²) in [5.41, 5.74) is 3.13. The lowest BCUT2D eigenvalue weighted by Gasteiger charge is -2.35. The molecule has 3 heterocycles. The second kappa shape index (κ2) is 6.24. The Morgan fingerprint density at radius 3 is 2.56 bits per heavy atom. The molecular weight excluding hydrogens is 312 g/mol. The maximum atomic E-state index is 12.9. The van der Waals surface area contributed by atoms with E-state index < -0.39 is 0 Å². The summed E-state index contributed by atoms with van der Waals surface area (Å²) in [6.07, 6.45) is 1.81. The minimum absolute atomic E-state index is 0.115. The minimum Gasteiger partial charge on any atom is -0.353 e. The maximum Gasteiger partial charge on any atom is 0.253 e. The number of carbonyl (C=O) groups is 1. The lowest BCUT2D eigenvalue weighted by atomic mass is 10.1. The number of rotatable bonds is 2. The fourth-order valence-electron chi connectivity index (χ4n) is 3.48. The second-order valence-electron chi connectivity index (χ2n) is 6.59. The van der Waals surface area contributed by atoms with Crippen molar-refractivity contribution in [2.75, 3.05) is 31.1 Å². The number of aromatic nitrogens is 2. The van der Waals surface area contributed by atoms with Crippen LogP contribution in [0.3, 0.4) is 0 Å². The molecule has 0 saturated carbocycles. The summed E-state index contributed by atoms with van der Waals surface area (Å²) in [4.78, 5) is 21.4. The van der Waals surface area contributed by atoms with Crippen LogP contribution in [-0.4, -0.2) is 46.5 Å². The second-order valence-corrected chi connectivity index (χ2v) is 6.59. The molecule has 5 heteroatoms. The van der Waals surface area contributed by atoms with Gasteiger partial charge in [0.25, 0.3) is 5.91 Å². The van der Waals surface area contributed by atoms with Crippen molar-refractivity contribution in [1.82, 2.24) is 14.5 Å². The summed E-state index contributed by atoms with van der Waals surface area (Å²) < 4.78 is 2.15. The van der Waals surface area contributed by atoms with E-state index in [1.807, 2.05) is 47.5 Å². The van der Waals surface area contributed by atoms with Gasteiger partial charge in [-0.2, -0.15) is 0 Å². The average molecular weight is 334 g/mol. The molecule has 1 saturated heterocycles. The van der Waals surface area contributed by atoms with E-state index in [9.17, 15) is 4.79 Å². The Kier molecular flexibility index (Phi) is 3.92. The Hall–Kier alpha value is -2.82. The van der Waals surface area contributed by atoms with E-state index >= 15 is 0 Å². The largest absolute Gasteiger partial charge is 0.353 e. The smallest absolute Gasteiger partial charge is 0.253 e. The van der Waals surface area contributed by atoms with Gasteiger partial charge in [0.05, 0.1) is 0 Å². The number of pyridine rings is 1. The zero-order valence-electron chi connectivity index (χ0n) is 14.6. The minimum atomic E-state index is 0.115. The first-order valence-corrected chi connectivity index (χ1v) is 8.65. The van der Waals surface area contributed by atoms with E-state index in [2.05, 4.69) is 34.5 Å². The molecule has 0 radical (unpaired) electrons. The fraction of sp³-hybridized carbons (Fsp3) is 0.300. The molecule has 25 heavy (non-hydrogen) atoms. The topological polar surface area (TPSA) is 41.4 Å². The molecule has 0 spiro atoms. The van der Waals surface area contributed by atoms with Gasteiger partial charge in [-0.05, 0) is 43.3 Å². The summed E-state index contributed by atoms with van der Waals surface area (Å²) in [6, 6.07) is 14.1. The summed E-state index contributed by atoms with van der Waals surface area (Å²) in [5, 5.41) is 1.12. The van der Waals surface area contributed by atoms with Crippen LogP contribution >= 0.6 is 0 Å². The molecule has 1 amide bonds. The zero-order valence-corrected chi connectivity index (χ0v) is 14.6. The summed E-state index contributed by atoms with van der Waals surface area (Å²) in [6.45, 7) is 5.16. The van der Waals surface area contributed by atoms with E-state index in [4.69, 9.17) is 0 Å². The molecule has 0 atom stereocenters. The number of nitrogens with zero attached hydrogens (tertiary/aromatic N) is 4. The fourth-order valence-corrected chi connectivity index (χ4v) is 3.48. The molecule has 4 rings (SSSR count). The molecule has 0 bridgehead atoms. The Labute approximate surface area is 147 Å². The number of anilines is 1. The highest BCUT2D eigenvalue weighted by Gasteiger charge is 2.23. The van der Waals surface area contributed by atoms with Crippen LogP contribution in [0.1, 0.15) is 16.1 Å². The lowest BCUT2D eigenvalue weighted by molar-refractivity contribution is 0.0746. The van der Waals surface area contributed by atoms with Crippen LogP contribution in [0.5, 0.6) is 0 Å². The van der Waals surface area contributed by atoms with Crippen LogP contribution in [0.15, 0.2) is 48.7 Å². The Morgan fingerprint density at radius 2 is 1.84 bits per heavy atom. The number of benzene rings is 1. The molecule has 3 aromatic rings. The predicted octanol–water partition coefficient (Wildman–Crippen LogP) is 2.84. The van der Waals surface area contributed by atoms with E-state index in [0.29, 0.717) is 0 Å². The van der Waals surface area contributed by atoms with E-state index in [-0.39, 0.29) is 5.91 Å². The van der Waals surface area contributed by atoms with Crippen LogP contribution in [0.4, 0.5) is 5.82 Å². The molecule has 1 aliphatic heterocycles. The van der Waals surface area contributed by atoms with Crippen molar-refractivity contribution in [1.29, 1.82) is 0 Å². The molecule has 1 aromatic carbocycles. The van der Waals surface area contributed by atoms with Crippen LogP contribution in [-0.2, 0) is 7.05 Å². The van der Waals surface area contributed by atoms with Gasteiger partial charge in [0.1, 0.15) is 5.82 Å². The summed E-state index contributed by atoms with van der Waals surface area (Å²) in [7, 11) is 2.05. The van der Waals surface area contributed by atoms with Crippen LogP contribution in [0.2, 0.25) is 0 Å². The average Bonchev–Trinajstić information content (AvgIpc) is 2.95. The van der Waals surface area contributed by atoms with E-state index in [0.717, 1.165) is 48.5 Å². The van der Waals surface area contributed by atoms with E-state index in [1.165, 1.54) is 5.69 Å². The highest BCUT2D eigenvalue weighted by Crippen LogP contribution is 2.21. The van der Waals surface area contributed by atoms with Crippen LogP contribution < -0.4 is 4.90 Å². The number of hydrogen-bond acceptors (Lipinski definition) is 3. The molecule has 5 nitrogen and oxygen atoms in total. The number of fused-ring (bicyclic) bond motifs is 1. The van der Waals surface area contributed by atoms with Crippen LogP contribution in [0, 0.1) is 6.92 Å². The van der Waals surface area contributed by atoms with Gasteiger partial charge in [-0.25, -0.2) is 4.98 Å². The Balaban J connectivity index is 1.49. The number of hydrogen-bond donors (Lipinski definition) is 0. The van der Waals surface area contributed by atoms with Gasteiger partial charge < -0.3 is 14.4 Å². The summed E-state index contributed by atoms with van der Waals surface area (Å²) >= 11 is 0. The zero-order chi connectivity index (χ0) is 17.4. The Morgan fingerprint density at radius 1 is 1.04 bits per heavy atom. The van der Waals surface area contributed by atoms with Gasteiger partial charge in [0.2, 0.25) is 0 Å². The molecule has 0 aliphatic carbocycles. The third-order valence-corrected chi connectivity index (χ3v) is 5.07. The van der Waals surface area contributed by atoms with Gasteiger partial charge in [0, 0.05) is 61.6 Å². The van der Waals surface area contributed by atoms with Crippen molar-refractivity contribution >= 4 is 22.6 Å². The molecule has 0 unspecified atom stereocenters. The first-order chi connectivity index (χ1) is 12.1. The van der Waals surface area contributed by atoms with Crippen molar-refractivity contribution in [2.24, 2.45) is 7.05 Å². The molecule has 0 N–H and O–H groups in total. The Bertz CT molecular complexity index is 908. The first-order valence-electron chi connectivity index (χ1n) is 8.65. The van der Waals surface area contributed by atoms with Gasteiger partial charge >= 0.3 is 0 Å². The number of aryl methyl sites for hydroxylation is 2. The highest BCUT2D eigenvalue weighted by atomic mass is 16.2. The van der Waals surface area contributed by atoms with Gasteiger partial charge in [-0.15, -0.1) is 0 Å². The first kappa shape index (κ1) is 15.7. The lowest BCUT2D eigenvalue weighted by Crippen LogP contribution is -2.49. The van der Waals surface area contributed by atoms with E-state index in [1.54, 1.807) is 0 Å². The van der Waals surface area contributed by atoms with Gasteiger partial charge in [-0.1, -0.05) is 6.07 Å². The quantitative estimate of drug-likeness (QED) is 0.724. The van der Waals surface area contributed by atoms with Crippen molar-refractivity contribution in [3.8, 4) is 0 Å². The maximum absolute atomic E-state index is 12.9. The third-order valence-electron chi connectivity index (χ3n) is 5.07. The summed E-state index contributed by atoms with van der Waals surface area (Å²) in [5.74, 6) is 1.10. The monoisotopic (exact) mass is 334 g/mol. The molecule has 128 valence electrons. The highest BCUT2D eigenvalue weighted by molar-refractivity contribution is 5.98. The van der Waals surface area contributed by atoms with Crippen molar-refractivity contribution in [3.05, 3.63) is 59.9 Å². The van der Waals surface area contributed by atoms with Gasteiger partial charge in [0.15, 0.2) is 0 Å². The predicted molar refractivity (Wildman–Crippen MR) is 100 cm³/mol. The molecule has 1 fully saturated rings. The molecular formula is C20H22N4O. The van der Waals surface area contributed by atoms with Crippen LogP contribution in [0.25, 0.3) is 10.9 Å². The molecule has 2 aromatic heterocycles. The van der Waals surface area contributed by atoms with Crippen molar-refractivity contribution < 1.29 is 4.79 Å². The SMILES string of the molecule is Cc1cc2cc(C(=O)N3CCN(c4ccccn4)CC3)ccc2n1C. The number of piperazine rings is 1. The standard InChI is InChI=1S/C20H22N4O/c1-15-13-17-14-16(6-7-18(17)22(15)2)20(25)24-11-9-23(10-12-24)19-5-3-4-8-21-19/h3-8,13-14H,9-12H2,1-2H3. The van der Waals surface area contributed by atoms with Gasteiger partial charge in [-0.3, -0.25) is 4.79 Å². The number of amides is 1. The molecule has 1 aliphatic rings. The van der Waals surface area contributed by atoms with Crippen molar-refractivity contribution in [3.63, 3.8) is 0 Å².